The molecule has 0 aromatic heterocycles. The van der Waals surface area contributed by atoms with Gasteiger partial charge in [0.05, 0.1) is 39.1 Å². The van der Waals surface area contributed by atoms with Gasteiger partial charge in [0.25, 0.3) is 0 Å². The largest absolute Gasteiger partial charge is 0.480 e. The van der Waals surface area contributed by atoms with Gasteiger partial charge in [0.1, 0.15) is 0 Å². The Morgan fingerprint density at radius 2 is 1.26 bits per heavy atom. The number of aliphatic hydroxyl groups is 6. The van der Waals surface area contributed by atoms with E-state index in [4.69, 9.17) is 35.7 Å². The third-order valence-corrected chi connectivity index (χ3v) is 2.02. The van der Waals surface area contributed by atoms with Crippen LogP contribution in [0.25, 0.3) is 0 Å². The van der Waals surface area contributed by atoms with Crippen molar-refractivity contribution in [2.45, 2.75) is 16.6 Å². The summed E-state index contributed by atoms with van der Waals surface area (Å²) < 4.78 is -1.58. The van der Waals surface area contributed by atoms with Gasteiger partial charge in [-0.15, -0.1) is 0 Å². The van der Waals surface area contributed by atoms with Crippen molar-refractivity contribution in [2.24, 2.45) is 0 Å². The number of carboxylic acids is 1. The molecule has 0 aliphatic rings. The number of rotatable bonds is 6. The third-order valence-electron chi connectivity index (χ3n) is 1.27. The van der Waals surface area contributed by atoms with Crippen LogP contribution in [-0.4, -0.2) is 84.9 Å². The number of hydrogen-bond acceptors (Lipinski definition) is 9. The summed E-state index contributed by atoms with van der Waals surface area (Å²) in [6.45, 7) is -0.990. The van der Waals surface area contributed by atoms with E-state index in [1.165, 1.54) is 0 Å². The van der Waals surface area contributed by atoms with Crippen LogP contribution < -0.4 is 0 Å². The first kappa shape index (κ1) is 24.0. The van der Waals surface area contributed by atoms with E-state index in [1.807, 2.05) is 0 Å². The Morgan fingerprint density at radius 3 is 1.42 bits per heavy atom. The molecule has 0 aromatic carbocycles. The maximum atomic E-state index is 10.3. The number of carboxylic acid groups (broad SMARTS) is 1. The van der Waals surface area contributed by atoms with E-state index in [-0.39, 0.29) is 32.8 Å². The second kappa shape index (κ2) is 16.0. The van der Waals surface area contributed by atoms with Gasteiger partial charge in [-0.05, 0) is 0 Å². The van der Waals surface area contributed by atoms with Crippen LogP contribution in [0.15, 0.2) is 0 Å². The molecule has 7 N–H and O–H groups in total. The quantitative estimate of drug-likeness (QED) is 0.189. The summed E-state index contributed by atoms with van der Waals surface area (Å²) in [4.78, 5) is 10.3. The Morgan fingerprint density at radius 1 is 0.947 bits per heavy atom. The molecule has 10 heteroatoms. The maximum Gasteiger partial charge on any atom is 0.329 e. The van der Waals surface area contributed by atoms with Gasteiger partial charge in [-0.25, -0.2) is 4.79 Å². The van der Waals surface area contributed by atoms with Crippen molar-refractivity contribution in [3.05, 3.63) is 0 Å². The van der Waals surface area contributed by atoms with E-state index in [2.05, 4.69) is 25.3 Å². The summed E-state index contributed by atoms with van der Waals surface area (Å²) in [7, 11) is 0. The predicted molar refractivity (Wildman–Crippen MR) is 74.4 cm³/mol. The molecule has 0 aliphatic heterocycles. The summed E-state index contributed by atoms with van der Waals surface area (Å²) >= 11 is 7.34. The van der Waals surface area contributed by atoms with E-state index in [1.54, 1.807) is 0 Å². The first-order valence-electron chi connectivity index (χ1n) is 5.13. The van der Waals surface area contributed by atoms with Gasteiger partial charge in [0, 0.05) is 6.42 Å². The minimum atomic E-state index is -1.58. The van der Waals surface area contributed by atoms with Gasteiger partial charge in [0.2, 0.25) is 0 Å². The zero-order valence-corrected chi connectivity index (χ0v) is 12.0. The van der Waals surface area contributed by atoms with E-state index in [0.717, 1.165) is 0 Å². The first-order chi connectivity index (χ1) is 8.73. The lowest BCUT2D eigenvalue weighted by molar-refractivity contribution is -0.138. The maximum absolute atomic E-state index is 10.3. The van der Waals surface area contributed by atoms with Crippen LogP contribution in [0, 0.1) is 0 Å². The summed E-state index contributed by atoms with van der Waals surface area (Å²) in [5, 5.41) is 56.1. The molecule has 118 valence electrons. The fourth-order valence-corrected chi connectivity index (χ4v) is 0.902. The number of aliphatic carboxylic acids is 1. The minimum Gasteiger partial charge on any atom is -0.480 e. The highest BCUT2D eigenvalue weighted by Crippen LogP contribution is 2.25. The van der Waals surface area contributed by atoms with E-state index < -0.39 is 22.8 Å². The molecule has 0 fully saturated rings. The zero-order valence-electron chi connectivity index (χ0n) is 10.3. The lowest BCUT2D eigenvalue weighted by atomic mass is 10.2. The zero-order chi connectivity index (χ0) is 15.9. The van der Waals surface area contributed by atoms with Crippen molar-refractivity contribution < 1.29 is 40.5 Å². The summed E-state index contributed by atoms with van der Waals surface area (Å²) in [5.74, 6) is -1.24. The standard InChI is InChI=1S/C5H10O4S2.2C2H6O2/c6-2-3(7)1-5(10,11)4(8)9;2*3-1-2-4/h3,6-7,10-11H,1-2H2,(H,8,9);2*3-4H,1-2H2. The van der Waals surface area contributed by atoms with Crippen LogP contribution in [-0.2, 0) is 4.79 Å². The summed E-state index contributed by atoms with van der Waals surface area (Å²) in [5.41, 5.74) is 0. The van der Waals surface area contributed by atoms with Gasteiger partial charge in [0.15, 0.2) is 4.08 Å². The third kappa shape index (κ3) is 20.4. The van der Waals surface area contributed by atoms with Crippen molar-refractivity contribution >= 4 is 31.2 Å². The van der Waals surface area contributed by atoms with Crippen molar-refractivity contribution in [1.82, 2.24) is 0 Å². The van der Waals surface area contributed by atoms with Gasteiger partial charge in [-0.2, -0.15) is 25.3 Å². The first-order valence-corrected chi connectivity index (χ1v) is 6.03. The number of carbonyl (C=O) groups is 1. The molecule has 0 bridgehead atoms. The molecule has 0 spiro atoms. The van der Waals surface area contributed by atoms with Gasteiger partial charge < -0.3 is 35.7 Å². The van der Waals surface area contributed by atoms with Gasteiger partial charge in [-0.3, -0.25) is 0 Å². The highest BCUT2D eigenvalue weighted by molar-refractivity contribution is 8.01. The lowest BCUT2D eigenvalue weighted by Crippen LogP contribution is -2.32. The molecule has 0 rings (SSSR count). The molecular formula is C9H22O8S2. The Kier molecular flexibility index (Phi) is 20.2. The molecule has 0 aromatic rings. The molecule has 1 atom stereocenters. The van der Waals surface area contributed by atoms with Gasteiger partial charge in [-0.1, -0.05) is 0 Å². The van der Waals surface area contributed by atoms with Crippen molar-refractivity contribution in [3.8, 4) is 0 Å². The van der Waals surface area contributed by atoms with Crippen molar-refractivity contribution in [1.29, 1.82) is 0 Å². The molecule has 0 saturated carbocycles. The Bertz CT molecular complexity index is 195. The smallest absolute Gasteiger partial charge is 0.329 e. The normalized spacial score (nSPS) is 11.6. The average Bonchev–Trinajstić information content (AvgIpc) is 2.38. The van der Waals surface area contributed by atoms with Crippen molar-refractivity contribution in [3.63, 3.8) is 0 Å². The monoisotopic (exact) mass is 322 g/mol. The topological polar surface area (TPSA) is 159 Å². The molecule has 0 amide bonds. The molecule has 0 heterocycles. The van der Waals surface area contributed by atoms with Crippen molar-refractivity contribution in [2.75, 3.05) is 33.0 Å². The Hall–Kier alpha value is -0.0700. The molecular weight excluding hydrogens is 300 g/mol. The van der Waals surface area contributed by atoms with Crippen LogP contribution >= 0.6 is 25.3 Å². The van der Waals surface area contributed by atoms with Crippen LogP contribution in [0.1, 0.15) is 6.42 Å². The summed E-state index contributed by atoms with van der Waals surface area (Å²) in [6, 6.07) is 0. The van der Waals surface area contributed by atoms with E-state index in [0.29, 0.717) is 0 Å². The van der Waals surface area contributed by atoms with Crippen LogP contribution in [0.2, 0.25) is 0 Å². The second-order valence-electron chi connectivity index (χ2n) is 3.06. The average molecular weight is 322 g/mol. The Balaban J connectivity index is -0.000000264. The van der Waals surface area contributed by atoms with Gasteiger partial charge >= 0.3 is 5.97 Å². The fourth-order valence-electron chi connectivity index (χ4n) is 0.480. The molecule has 0 radical (unpaired) electrons. The summed E-state index contributed by atoms with van der Waals surface area (Å²) in [6.07, 6.45) is -1.30. The SMILES string of the molecule is O=C(O)C(S)(S)CC(O)CO.OCCO.OCCO. The molecule has 8 nitrogen and oxygen atoms in total. The molecule has 0 aliphatic carbocycles. The fraction of sp³-hybridized carbons (Fsp3) is 0.889. The highest BCUT2D eigenvalue weighted by Gasteiger charge is 2.32. The number of thiol groups is 2. The number of aliphatic hydroxyl groups excluding tert-OH is 6. The number of hydrogen-bond donors (Lipinski definition) is 9. The van der Waals surface area contributed by atoms with E-state index >= 15 is 0 Å². The minimum absolute atomic E-state index is 0.125. The predicted octanol–water partition coefficient (Wildman–Crippen LogP) is -2.69. The molecule has 19 heavy (non-hydrogen) atoms. The van der Waals surface area contributed by atoms with E-state index in [9.17, 15) is 4.79 Å². The Labute approximate surface area is 122 Å². The second-order valence-corrected chi connectivity index (χ2v) is 4.94. The molecule has 0 saturated heterocycles. The van der Waals surface area contributed by atoms with Crippen LogP contribution in [0.4, 0.5) is 0 Å². The lowest BCUT2D eigenvalue weighted by Gasteiger charge is -2.19. The van der Waals surface area contributed by atoms with Crippen LogP contribution in [0.3, 0.4) is 0 Å². The highest BCUT2D eigenvalue weighted by atomic mass is 32.2. The molecule has 1 unspecified atom stereocenters. The van der Waals surface area contributed by atoms with Crippen LogP contribution in [0.5, 0.6) is 0 Å².